The van der Waals surface area contributed by atoms with Crippen LogP contribution >= 0.6 is 27.5 Å². The second-order valence-corrected chi connectivity index (χ2v) is 5.86. The molecule has 0 saturated heterocycles. The molecule has 1 unspecified atom stereocenters. The lowest BCUT2D eigenvalue weighted by atomic mass is 10.1. The maximum absolute atomic E-state index is 6.24. The van der Waals surface area contributed by atoms with Crippen molar-refractivity contribution in [3.8, 4) is 0 Å². The summed E-state index contributed by atoms with van der Waals surface area (Å²) in [5.74, 6) is 0. The Hall–Kier alpha value is -0.840. The highest BCUT2D eigenvalue weighted by molar-refractivity contribution is 9.10. The minimum absolute atomic E-state index is 0.230. The van der Waals surface area contributed by atoms with Crippen molar-refractivity contribution in [2.45, 2.75) is 19.4 Å². The lowest BCUT2D eigenvalue weighted by Gasteiger charge is -2.16. The van der Waals surface area contributed by atoms with E-state index >= 15 is 0 Å². The van der Waals surface area contributed by atoms with Crippen LogP contribution in [0.5, 0.6) is 0 Å². The van der Waals surface area contributed by atoms with Crippen molar-refractivity contribution < 1.29 is 0 Å². The highest BCUT2D eigenvalue weighted by Crippen LogP contribution is 2.26. The average Bonchev–Trinajstić information content (AvgIpc) is 2.75. The maximum Gasteiger partial charge on any atom is 0.0492 e. The maximum atomic E-state index is 6.24. The molecule has 1 atom stereocenters. The van der Waals surface area contributed by atoms with Crippen molar-refractivity contribution in [3.05, 3.63) is 51.2 Å². The summed E-state index contributed by atoms with van der Waals surface area (Å²) in [4.78, 5) is 0. The minimum atomic E-state index is 0.230. The van der Waals surface area contributed by atoms with Gasteiger partial charge in [0.2, 0.25) is 0 Å². The van der Waals surface area contributed by atoms with E-state index in [0.29, 0.717) is 0 Å². The number of halogens is 2. The molecule has 102 valence electrons. The molecule has 0 saturated carbocycles. The van der Waals surface area contributed by atoms with Crippen molar-refractivity contribution in [1.29, 1.82) is 0 Å². The third-order valence-electron chi connectivity index (χ3n) is 3.18. The second-order valence-electron chi connectivity index (χ2n) is 4.54. The van der Waals surface area contributed by atoms with Gasteiger partial charge in [-0.05, 0) is 30.7 Å². The fraction of sp³-hybridized carbons (Fsp3) is 0.357. The predicted molar refractivity (Wildman–Crippen MR) is 82.5 cm³/mol. The van der Waals surface area contributed by atoms with Crippen LogP contribution in [0.3, 0.4) is 0 Å². The molecule has 19 heavy (non-hydrogen) atoms. The van der Waals surface area contributed by atoms with Gasteiger partial charge in [-0.1, -0.05) is 33.6 Å². The summed E-state index contributed by atoms with van der Waals surface area (Å²) >= 11 is 9.66. The topological polar surface area (TPSA) is 29.9 Å². The van der Waals surface area contributed by atoms with E-state index in [1.807, 2.05) is 42.2 Å². The molecule has 1 N–H and O–H groups in total. The lowest BCUT2D eigenvalue weighted by Crippen LogP contribution is -2.22. The van der Waals surface area contributed by atoms with Gasteiger partial charge in [-0.3, -0.25) is 4.68 Å². The number of nitrogens with zero attached hydrogens (tertiary/aromatic N) is 2. The van der Waals surface area contributed by atoms with Crippen molar-refractivity contribution in [1.82, 2.24) is 15.1 Å². The Kier molecular flexibility index (Phi) is 5.02. The first kappa shape index (κ1) is 14.6. The highest BCUT2D eigenvalue weighted by Gasteiger charge is 2.09. The van der Waals surface area contributed by atoms with Gasteiger partial charge in [0.1, 0.15) is 0 Å². The first-order valence-electron chi connectivity index (χ1n) is 6.23. The summed E-state index contributed by atoms with van der Waals surface area (Å²) in [7, 11) is 1.96. The van der Waals surface area contributed by atoms with Crippen molar-refractivity contribution >= 4 is 27.5 Å². The summed E-state index contributed by atoms with van der Waals surface area (Å²) in [5, 5.41) is 8.43. The van der Waals surface area contributed by atoms with Gasteiger partial charge < -0.3 is 5.32 Å². The first-order chi connectivity index (χ1) is 9.08. The van der Waals surface area contributed by atoms with Gasteiger partial charge >= 0.3 is 0 Å². The van der Waals surface area contributed by atoms with E-state index in [0.717, 1.165) is 28.0 Å². The summed E-state index contributed by atoms with van der Waals surface area (Å²) < 4.78 is 2.90. The Balaban J connectivity index is 1.91. The molecule has 5 heteroatoms. The fourth-order valence-corrected chi connectivity index (χ4v) is 2.86. The average molecular weight is 343 g/mol. The fourth-order valence-electron chi connectivity index (χ4n) is 2.03. The third-order valence-corrected chi connectivity index (χ3v) is 4.00. The second kappa shape index (κ2) is 6.55. The van der Waals surface area contributed by atoms with Gasteiger partial charge in [0.25, 0.3) is 0 Å². The Morgan fingerprint density at radius 3 is 2.84 bits per heavy atom. The van der Waals surface area contributed by atoms with Gasteiger partial charge in [0.15, 0.2) is 0 Å². The molecule has 0 amide bonds. The van der Waals surface area contributed by atoms with Crippen molar-refractivity contribution in [2.24, 2.45) is 7.05 Å². The number of hydrogen-bond acceptors (Lipinski definition) is 2. The van der Waals surface area contributed by atoms with Crippen LogP contribution in [0.4, 0.5) is 0 Å². The quantitative estimate of drug-likeness (QED) is 0.897. The van der Waals surface area contributed by atoms with Gasteiger partial charge in [-0.25, -0.2) is 0 Å². The SMILES string of the molecule is CC(NCCc1ccnn1C)c1ccc(Br)cc1Cl. The molecule has 2 rings (SSSR count). The molecule has 2 aromatic rings. The van der Waals surface area contributed by atoms with Gasteiger partial charge in [-0.15, -0.1) is 0 Å². The van der Waals surface area contributed by atoms with E-state index in [1.165, 1.54) is 5.69 Å². The monoisotopic (exact) mass is 341 g/mol. The highest BCUT2D eigenvalue weighted by atomic mass is 79.9. The molecule has 0 fully saturated rings. The van der Waals surface area contributed by atoms with Crippen LogP contribution in [-0.2, 0) is 13.5 Å². The smallest absolute Gasteiger partial charge is 0.0492 e. The summed E-state index contributed by atoms with van der Waals surface area (Å²) in [5.41, 5.74) is 2.34. The molecular weight excluding hydrogens is 326 g/mol. The van der Waals surface area contributed by atoms with E-state index in [4.69, 9.17) is 11.6 Å². The Labute approximate surface area is 127 Å². The van der Waals surface area contributed by atoms with Crippen LogP contribution in [0.1, 0.15) is 24.2 Å². The molecule has 0 radical (unpaired) electrons. The van der Waals surface area contributed by atoms with Crippen LogP contribution in [-0.4, -0.2) is 16.3 Å². The molecule has 0 aliphatic rings. The minimum Gasteiger partial charge on any atom is -0.310 e. The number of aryl methyl sites for hydroxylation is 1. The molecular formula is C14H17BrClN3. The number of benzene rings is 1. The van der Waals surface area contributed by atoms with Crippen LogP contribution in [0.2, 0.25) is 5.02 Å². The first-order valence-corrected chi connectivity index (χ1v) is 7.40. The van der Waals surface area contributed by atoms with E-state index < -0.39 is 0 Å². The van der Waals surface area contributed by atoms with E-state index in [1.54, 1.807) is 0 Å². The number of hydrogen-bond donors (Lipinski definition) is 1. The normalized spacial score (nSPS) is 12.6. The van der Waals surface area contributed by atoms with Crippen LogP contribution < -0.4 is 5.32 Å². The lowest BCUT2D eigenvalue weighted by molar-refractivity contribution is 0.564. The molecule has 0 bridgehead atoms. The Bertz CT molecular complexity index is 553. The standard InChI is InChI=1S/C14H17BrClN3/c1-10(13-4-3-11(15)9-14(13)16)17-7-5-12-6-8-18-19(12)2/h3-4,6,8-10,17H,5,7H2,1-2H3. The molecule has 0 aliphatic carbocycles. The van der Waals surface area contributed by atoms with Crippen LogP contribution in [0.25, 0.3) is 0 Å². The number of aromatic nitrogens is 2. The zero-order chi connectivity index (χ0) is 13.8. The molecule has 3 nitrogen and oxygen atoms in total. The molecule has 1 heterocycles. The summed E-state index contributed by atoms with van der Waals surface area (Å²) in [6, 6.07) is 8.26. The Morgan fingerprint density at radius 2 is 2.21 bits per heavy atom. The van der Waals surface area contributed by atoms with Gasteiger partial charge in [0, 0.05) is 47.4 Å². The Morgan fingerprint density at radius 1 is 1.42 bits per heavy atom. The zero-order valence-electron chi connectivity index (χ0n) is 11.0. The van der Waals surface area contributed by atoms with Gasteiger partial charge in [0.05, 0.1) is 0 Å². The molecule has 0 aliphatic heterocycles. The third kappa shape index (κ3) is 3.81. The van der Waals surface area contributed by atoms with Crippen LogP contribution in [0.15, 0.2) is 34.9 Å². The van der Waals surface area contributed by atoms with Crippen LogP contribution in [0, 0.1) is 0 Å². The van der Waals surface area contributed by atoms with E-state index in [9.17, 15) is 0 Å². The molecule has 1 aromatic carbocycles. The zero-order valence-corrected chi connectivity index (χ0v) is 13.4. The summed E-state index contributed by atoms with van der Waals surface area (Å²) in [6.07, 6.45) is 2.78. The number of rotatable bonds is 5. The van der Waals surface area contributed by atoms with Crippen molar-refractivity contribution in [3.63, 3.8) is 0 Å². The largest absolute Gasteiger partial charge is 0.310 e. The number of nitrogens with one attached hydrogen (secondary N) is 1. The molecule has 0 spiro atoms. The van der Waals surface area contributed by atoms with Crippen molar-refractivity contribution in [2.75, 3.05) is 6.54 Å². The molecule has 1 aromatic heterocycles. The van der Waals surface area contributed by atoms with Gasteiger partial charge in [-0.2, -0.15) is 5.10 Å². The van der Waals surface area contributed by atoms with E-state index in [2.05, 4.69) is 33.3 Å². The summed E-state index contributed by atoms with van der Waals surface area (Å²) in [6.45, 7) is 3.02. The van der Waals surface area contributed by atoms with E-state index in [-0.39, 0.29) is 6.04 Å². The predicted octanol–water partition coefficient (Wildman–Crippen LogP) is 3.73.